The number of rotatable bonds is 5. The van der Waals surface area contributed by atoms with Gasteiger partial charge in [-0.1, -0.05) is 6.92 Å². The molecule has 0 amide bonds. The minimum Gasteiger partial charge on any atom is -0.373 e. The van der Waals surface area contributed by atoms with E-state index in [1.165, 1.54) is 0 Å². The van der Waals surface area contributed by atoms with E-state index < -0.39 is 0 Å². The van der Waals surface area contributed by atoms with Crippen LogP contribution in [0.5, 0.6) is 0 Å². The Labute approximate surface area is 142 Å². The number of nitrogens with one attached hydrogen (secondary N) is 1. The monoisotopic (exact) mass is 331 g/mol. The Bertz CT molecular complexity index is 687. The molecule has 3 heterocycles. The van der Waals surface area contributed by atoms with E-state index in [9.17, 15) is 0 Å². The number of hydrogen-bond donors (Lipinski definition) is 1. The van der Waals surface area contributed by atoms with Gasteiger partial charge in [0.25, 0.3) is 0 Å². The molecule has 24 heavy (non-hydrogen) atoms. The number of aromatic nitrogens is 5. The lowest BCUT2D eigenvalue weighted by atomic mass is 10.0. The maximum Gasteiger partial charge on any atom is 0.243 e. The molecule has 1 aliphatic heterocycles. The third-order valence-electron chi connectivity index (χ3n) is 4.58. The van der Waals surface area contributed by atoms with Gasteiger partial charge in [-0.2, -0.15) is 10.2 Å². The van der Waals surface area contributed by atoms with Gasteiger partial charge in [-0.15, -0.1) is 5.10 Å². The third kappa shape index (κ3) is 3.39. The lowest BCUT2D eigenvalue weighted by Gasteiger charge is -2.40. The molecule has 0 unspecified atom stereocenters. The van der Waals surface area contributed by atoms with Crippen LogP contribution in [-0.2, 0) is 11.8 Å². The van der Waals surface area contributed by atoms with Gasteiger partial charge in [0.15, 0.2) is 0 Å². The average molecular weight is 331 g/mol. The fraction of sp³-hybridized carbons (Fsp3) is 0.625. The van der Waals surface area contributed by atoms with Crippen molar-refractivity contribution in [3.05, 3.63) is 29.3 Å². The SMILES string of the molecule is CCN1CCO[C@@H](CNc2nnc(C)c(C)n2)[C@@H]1c1ccnn1C. The van der Waals surface area contributed by atoms with Crippen LogP contribution in [0.15, 0.2) is 12.3 Å². The van der Waals surface area contributed by atoms with Crippen molar-refractivity contribution in [2.45, 2.75) is 32.9 Å². The van der Waals surface area contributed by atoms with Gasteiger partial charge in [-0.3, -0.25) is 9.58 Å². The Morgan fingerprint density at radius 1 is 1.29 bits per heavy atom. The Morgan fingerprint density at radius 3 is 2.79 bits per heavy atom. The van der Waals surface area contributed by atoms with Crippen LogP contribution in [0.4, 0.5) is 5.95 Å². The second-order valence-electron chi connectivity index (χ2n) is 6.05. The molecule has 0 aromatic carbocycles. The summed E-state index contributed by atoms with van der Waals surface area (Å²) in [5.74, 6) is 0.541. The molecule has 2 aromatic heterocycles. The van der Waals surface area contributed by atoms with Crippen LogP contribution in [0.2, 0.25) is 0 Å². The molecule has 1 fully saturated rings. The van der Waals surface area contributed by atoms with Crippen LogP contribution in [0.25, 0.3) is 0 Å². The highest BCUT2D eigenvalue weighted by atomic mass is 16.5. The second-order valence-corrected chi connectivity index (χ2v) is 6.05. The van der Waals surface area contributed by atoms with Gasteiger partial charge >= 0.3 is 0 Å². The summed E-state index contributed by atoms with van der Waals surface area (Å²) in [6.07, 6.45) is 1.83. The van der Waals surface area contributed by atoms with Crippen molar-refractivity contribution in [3.8, 4) is 0 Å². The Morgan fingerprint density at radius 2 is 2.12 bits per heavy atom. The quantitative estimate of drug-likeness (QED) is 0.878. The highest BCUT2D eigenvalue weighted by Crippen LogP contribution is 2.29. The Balaban J connectivity index is 1.76. The van der Waals surface area contributed by atoms with Gasteiger partial charge in [-0.05, 0) is 26.5 Å². The summed E-state index contributed by atoms with van der Waals surface area (Å²) in [5, 5.41) is 15.8. The topological polar surface area (TPSA) is 81.0 Å². The molecule has 0 aliphatic carbocycles. The third-order valence-corrected chi connectivity index (χ3v) is 4.58. The number of likely N-dealkylation sites (N-methyl/N-ethyl adjacent to an activating group) is 1. The molecule has 0 radical (unpaired) electrons. The van der Waals surface area contributed by atoms with E-state index in [1.54, 1.807) is 0 Å². The number of aryl methyl sites for hydroxylation is 3. The molecule has 0 saturated carbocycles. The minimum atomic E-state index is -0.000640. The van der Waals surface area contributed by atoms with Crippen molar-refractivity contribution < 1.29 is 4.74 Å². The van der Waals surface area contributed by atoms with Crippen LogP contribution in [0, 0.1) is 13.8 Å². The number of ether oxygens (including phenoxy) is 1. The summed E-state index contributed by atoms with van der Waals surface area (Å²) in [5.41, 5.74) is 2.89. The highest BCUT2D eigenvalue weighted by Gasteiger charge is 2.34. The second kappa shape index (κ2) is 7.23. The molecule has 130 valence electrons. The van der Waals surface area contributed by atoms with Gasteiger partial charge in [0.1, 0.15) is 0 Å². The van der Waals surface area contributed by atoms with Crippen LogP contribution in [0.1, 0.15) is 30.0 Å². The molecule has 1 saturated heterocycles. The summed E-state index contributed by atoms with van der Waals surface area (Å²) in [4.78, 5) is 6.85. The molecule has 2 atom stereocenters. The van der Waals surface area contributed by atoms with Gasteiger partial charge in [0.2, 0.25) is 5.95 Å². The summed E-state index contributed by atoms with van der Waals surface area (Å²) >= 11 is 0. The normalized spacial score (nSPS) is 21.8. The summed E-state index contributed by atoms with van der Waals surface area (Å²) < 4.78 is 7.98. The number of anilines is 1. The Hall–Kier alpha value is -2.06. The lowest BCUT2D eigenvalue weighted by molar-refractivity contribution is -0.0664. The van der Waals surface area contributed by atoms with E-state index in [0.29, 0.717) is 12.5 Å². The van der Waals surface area contributed by atoms with Gasteiger partial charge in [-0.25, -0.2) is 4.98 Å². The molecular formula is C16H25N7O. The zero-order valence-electron chi connectivity index (χ0n) is 14.7. The highest BCUT2D eigenvalue weighted by molar-refractivity contribution is 5.25. The van der Waals surface area contributed by atoms with E-state index in [0.717, 1.165) is 36.8 Å². The van der Waals surface area contributed by atoms with Crippen LogP contribution >= 0.6 is 0 Å². The largest absolute Gasteiger partial charge is 0.373 e. The summed E-state index contributed by atoms with van der Waals surface area (Å²) in [6, 6.07) is 2.21. The smallest absolute Gasteiger partial charge is 0.243 e. The van der Waals surface area contributed by atoms with Gasteiger partial charge in [0.05, 0.1) is 35.8 Å². The zero-order chi connectivity index (χ0) is 17.1. The number of morpholine rings is 1. The first-order valence-electron chi connectivity index (χ1n) is 8.35. The van der Waals surface area contributed by atoms with E-state index in [-0.39, 0.29) is 12.1 Å². The van der Waals surface area contributed by atoms with Crippen molar-refractivity contribution in [3.63, 3.8) is 0 Å². The standard InChI is InChI=1S/C16H25N7O/c1-5-23-8-9-24-14(15(23)13-6-7-18-22(13)4)10-17-16-19-11(2)12(3)20-21-16/h6-7,14-15H,5,8-10H2,1-4H3,(H,17,19,21)/t14-,15-/m0/s1. The first-order valence-corrected chi connectivity index (χ1v) is 8.35. The molecule has 3 rings (SSSR count). The molecule has 0 bridgehead atoms. The van der Waals surface area contributed by atoms with E-state index in [4.69, 9.17) is 4.74 Å². The van der Waals surface area contributed by atoms with Gasteiger partial charge in [0, 0.05) is 26.3 Å². The number of hydrogen-bond acceptors (Lipinski definition) is 7. The van der Waals surface area contributed by atoms with E-state index >= 15 is 0 Å². The minimum absolute atomic E-state index is 0.000640. The fourth-order valence-corrected chi connectivity index (χ4v) is 3.09. The molecule has 0 spiro atoms. The fourth-order valence-electron chi connectivity index (χ4n) is 3.09. The molecule has 8 nitrogen and oxygen atoms in total. The molecule has 2 aromatic rings. The predicted molar refractivity (Wildman–Crippen MR) is 90.7 cm³/mol. The molecule has 8 heteroatoms. The first-order chi connectivity index (χ1) is 11.6. The number of nitrogens with zero attached hydrogens (tertiary/aromatic N) is 6. The van der Waals surface area contributed by atoms with Crippen LogP contribution < -0.4 is 5.32 Å². The van der Waals surface area contributed by atoms with E-state index in [1.807, 2.05) is 31.8 Å². The molecule has 1 aliphatic rings. The zero-order valence-corrected chi connectivity index (χ0v) is 14.7. The summed E-state index contributed by atoms with van der Waals surface area (Å²) in [6.45, 7) is 9.25. The molecular weight excluding hydrogens is 306 g/mol. The van der Waals surface area contributed by atoms with Crippen molar-refractivity contribution in [1.82, 2.24) is 29.9 Å². The van der Waals surface area contributed by atoms with E-state index in [2.05, 4.69) is 43.5 Å². The molecule has 1 N–H and O–H groups in total. The van der Waals surface area contributed by atoms with Crippen molar-refractivity contribution in [2.24, 2.45) is 7.05 Å². The first kappa shape index (κ1) is 16.8. The van der Waals surface area contributed by atoms with Crippen LogP contribution in [0.3, 0.4) is 0 Å². The summed E-state index contributed by atoms with van der Waals surface area (Å²) in [7, 11) is 1.97. The van der Waals surface area contributed by atoms with Crippen molar-refractivity contribution in [1.29, 1.82) is 0 Å². The predicted octanol–water partition coefficient (Wildman–Crippen LogP) is 1.10. The van der Waals surface area contributed by atoms with Gasteiger partial charge < -0.3 is 10.1 Å². The van der Waals surface area contributed by atoms with Crippen molar-refractivity contribution >= 4 is 5.95 Å². The maximum absolute atomic E-state index is 6.06. The average Bonchev–Trinajstić information content (AvgIpc) is 3.01. The Kier molecular flexibility index (Phi) is 5.06. The lowest BCUT2D eigenvalue weighted by Crippen LogP contribution is -2.48. The van der Waals surface area contributed by atoms with Crippen molar-refractivity contribution in [2.75, 3.05) is 31.6 Å². The maximum atomic E-state index is 6.06. The van der Waals surface area contributed by atoms with Crippen LogP contribution in [-0.4, -0.2) is 62.2 Å².